The lowest BCUT2D eigenvalue weighted by Crippen LogP contribution is -2.19. The molecule has 0 saturated carbocycles. The molecule has 0 saturated heterocycles. The van der Waals surface area contributed by atoms with Crippen LogP contribution in [-0.4, -0.2) is 43.7 Å². The summed E-state index contributed by atoms with van der Waals surface area (Å²) < 4.78 is 7.09. The third-order valence-corrected chi connectivity index (χ3v) is 6.25. The summed E-state index contributed by atoms with van der Waals surface area (Å²) in [6.45, 7) is 2.02. The maximum atomic E-state index is 12.8. The summed E-state index contributed by atoms with van der Waals surface area (Å²) in [6.07, 6.45) is 3.61. The van der Waals surface area contributed by atoms with Gasteiger partial charge in [0, 0.05) is 16.0 Å². The van der Waals surface area contributed by atoms with E-state index < -0.39 is 5.91 Å². The van der Waals surface area contributed by atoms with Crippen LogP contribution < -0.4 is 11.2 Å². The van der Waals surface area contributed by atoms with E-state index in [2.05, 4.69) is 35.8 Å². The van der Waals surface area contributed by atoms with Gasteiger partial charge in [-0.3, -0.25) is 4.79 Å². The van der Waals surface area contributed by atoms with Crippen molar-refractivity contribution in [2.75, 3.05) is 12.0 Å². The van der Waals surface area contributed by atoms with Crippen molar-refractivity contribution < 1.29 is 9.42 Å². The first kappa shape index (κ1) is 19.8. The number of hydrazone groups is 1. The van der Waals surface area contributed by atoms with Gasteiger partial charge in [-0.1, -0.05) is 35.5 Å². The Morgan fingerprint density at radius 2 is 2.13 bits per heavy atom. The molecular formula is C18H16N8O2S2. The van der Waals surface area contributed by atoms with Crippen LogP contribution in [0.15, 0.2) is 50.3 Å². The minimum Gasteiger partial charge on any atom is -0.378 e. The number of nitrogens with two attached hydrogens (primary N) is 1. The van der Waals surface area contributed by atoms with Crippen molar-refractivity contribution in [3.63, 3.8) is 0 Å². The van der Waals surface area contributed by atoms with Crippen molar-refractivity contribution in [2.45, 2.75) is 11.1 Å². The van der Waals surface area contributed by atoms with Gasteiger partial charge in [0.25, 0.3) is 5.91 Å². The first-order valence-corrected chi connectivity index (χ1v) is 10.7. The van der Waals surface area contributed by atoms with Crippen molar-refractivity contribution >= 4 is 41.0 Å². The largest absolute Gasteiger partial charge is 0.378 e. The molecule has 0 spiro atoms. The molecule has 0 aliphatic carbocycles. The van der Waals surface area contributed by atoms with Crippen LogP contribution in [0.4, 0.5) is 5.82 Å². The van der Waals surface area contributed by atoms with Crippen molar-refractivity contribution in [1.29, 1.82) is 0 Å². The van der Waals surface area contributed by atoms with Crippen molar-refractivity contribution in [3.8, 4) is 17.1 Å². The molecule has 0 radical (unpaired) electrons. The number of hydrogen-bond acceptors (Lipinski definition) is 10. The molecule has 0 unspecified atom stereocenters. The second kappa shape index (κ2) is 8.47. The van der Waals surface area contributed by atoms with Gasteiger partial charge in [-0.2, -0.15) is 9.78 Å². The Balaban J connectivity index is 1.67. The van der Waals surface area contributed by atoms with Crippen LogP contribution in [-0.2, 0) is 0 Å². The third-order valence-electron chi connectivity index (χ3n) is 4.03. The molecule has 1 amide bonds. The predicted molar refractivity (Wildman–Crippen MR) is 115 cm³/mol. The highest BCUT2D eigenvalue weighted by Gasteiger charge is 2.25. The number of thioether (sulfide) groups is 1. The Bertz CT molecular complexity index is 1210. The Morgan fingerprint density at radius 1 is 1.33 bits per heavy atom. The van der Waals surface area contributed by atoms with Gasteiger partial charge in [0.15, 0.2) is 5.69 Å². The van der Waals surface area contributed by atoms with E-state index in [0.717, 1.165) is 9.77 Å². The molecule has 1 aromatic carbocycles. The second-order valence-electron chi connectivity index (χ2n) is 6.04. The van der Waals surface area contributed by atoms with Crippen LogP contribution in [0.25, 0.3) is 17.1 Å². The number of nitrogens with one attached hydrogen (secondary N) is 1. The average Bonchev–Trinajstić information content (AvgIpc) is 3.46. The number of thiophene rings is 1. The van der Waals surface area contributed by atoms with E-state index in [1.165, 1.54) is 9.56 Å². The minimum absolute atomic E-state index is 0.0273. The molecule has 30 heavy (non-hydrogen) atoms. The molecule has 3 aromatic heterocycles. The number of rotatable bonds is 6. The van der Waals surface area contributed by atoms with Crippen molar-refractivity contribution in [1.82, 2.24) is 30.7 Å². The number of aromatic nitrogens is 5. The van der Waals surface area contributed by atoms with Gasteiger partial charge in [0.1, 0.15) is 5.69 Å². The van der Waals surface area contributed by atoms with E-state index in [1.54, 1.807) is 29.3 Å². The number of carbonyl (C=O) groups is 1. The van der Waals surface area contributed by atoms with Crippen LogP contribution in [0.2, 0.25) is 0 Å². The van der Waals surface area contributed by atoms with Gasteiger partial charge >= 0.3 is 0 Å². The zero-order valence-electron chi connectivity index (χ0n) is 15.9. The van der Waals surface area contributed by atoms with Gasteiger partial charge in [0.05, 0.1) is 10.4 Å². The third kappa shape index (κ3) is 3.82. The van der Waals surface area contributed by atoms with E-state index in [0.29, 0.717) is 11.3 Å². The zero-order valence-corrected chi connectivity index (χ0v) is 17.6. The number of carbonyl (C=O) groups excluding carboxylic acids is 1. The van der Waals surface area contributed by atoms with Gasteiger partial charge in [0.2, 0.25) is 11.6 Å². The molecule has 152 valence electrons. The Morgan fingerprint density at radius 3 is 2.83 bits per heavy atom. The SMILES string of the molecule is CSc1sc(C)cc1/C=N\NC(=O)c1nnn(-c2nonc2N)c1-c1ccccc1. The molecule has 4 aromatic rings. The lowest BCUT2D eigenvalue weighted by atomic mass is 10.1. The summed E-state index contributed by atoms with van der Waals surface area (Å²) in [7, 11) is 0. The van der Waals surface area contributed by atoms with Gasteiger partial charge in [-0.25, -0.2) is 10.1 Å². The number of aryl methyl sites for hydroxylation is 1. The molecule has 4 rings (SSSR count). The molecule has 0 bridgehead atoms. The topological polar surface area (TPSA) is 137 Å². The number of nitrogens with zero attached hydrogens (tertiary/aromatic N) is 6. The standard InChI is InChI=1S/C18H16N8O2S2/c1-10-8-12(18(29-2)30-10)9-20-22-17(27)13-14(11-6-4-3-5-7-11)26(25-21-13)16-15(19)23-28-24-16/h3-9H,1-2H3,(H2,19,23)(H,22,27)/b20-9-. The molecule has 3 N–H and O–H groups in total. The van der Waals surface area contributed by atoms with Gasteiger partial charge in [-0.15, -0.1) is 28.2 Å². The number of anilines is 1. The Labute approximate surface area is 179 Å². The molecule has 3 heterocycles. The maximum Gasteiger partial charge on any atom is 0.294 e. The zero-order chi connectivity index (χ0) is 21.1. The summed E-state index contributed by atoms with van der Waals surface area (Å²) in [4.78, 5) is 14.0. The van der Waals surface area contributed by atoms with Crippen LogP contribution in [0.1, 0.15) is 20.9 Å². The number of benzene rings is 1. The Hall–Kier alpha value is -3.51. The molecule has 0 aliphatic heterocycles. The van der Waals surface area contributed by atoms with Crippen LogP contribution in [0, 0.1) is 6.92 Å². The van der Waals surface area contributed by atoms with E-state index >= 15 is 0 Å². The molecule has 0 aliphatic rings. The minimum atomic E-state index is -0.524. The lowest BCUT2D eigenvalue weighted by molar-refractivity contribution is 0.0950. The highest BCUT2D eigenvalue weighted by Crippen LogP contribution is 2.29. The highest BCUT2D eigenvalue weighted by atomic mass is 32.2. The Kier molecular flexibility index (Phi) is 5.59. The summed E-state index contributed by atoms with van der Waals surface area (Å²) in [5.74, 6) is -0.356. The predicted octanol–water partition coefficient (Wildman–Crippen LogP) is 2.76. The number of nitrogen functional groups attached to an aromatic ring is 1. The van der Waals surface area contributed by atoms with Crippen molar-refractivity contribution in [2.24, 2.45) is 5.10 Å². The van der Waals surface area contributed by atoms with Crippen LogP contribution >= 0.6 is 23.1 Å². The molecule has 12 heteroatoms. The van der Waals surface area contributed by atoms with Crippen LogP contribution in [0.5, 0.6) is 0 Å². The first-order chi connectivity index (χ1) is 14.6. The smallest absolute Gasteiger partial charge is 0.294 e. The van der Waals surface area contributed by atoms with E-state index in [-0.39, 0.29) is 17.3 Å². The normalized spacial score (nSPS) is 11.3. The molecule has 0 atom stereocenters. The summed E-state index contributed by atoms with van der Waals surface area (Å²) in [5.41, 5.74) is 10.4. The summed E-state index contributed by atoms with van der Waals surface area (Å²) >= 11 is 3.30. The average molecular weight is 441 g/mol. The van der Waals surface area contributed by atoms with Crippen molar-refractivity contribution in [3.05, 3.63) is 52.5 Å². The fraction of sp³-hybridized carbons (Fsp3) is 0.111. The lowest BCUT2D eigenvalue weighted by Gasteiger charge is -2.05. The summed E-state index contributed by atoms with van der Waals surface area (Å²) in [6, 6.07) is 11.2. The fourth-order valence-corrected chi connectivity index (χ4v) is 4.53. The quantitative estimate of drug-likeness (QED) is 0.265. The molecule has 10 nitrogen and oxygen atoms in total. The number of hydrogen-bond donors (Lipinski definition) is 2. The highest BCUT2D eigenvalue weighted by molar-refractivity contribution is 8.00. The fourth-order valence-electron chi connectivity index (χ4n) is 2.75. The monoisotopic (exact) mass is 440 g/mol. The van der Waals surface area contributed by atoms with E-state index in [9.17, 15) is 4.79 Å². The second-order valence-corrected chi connectivity index (χ2v) is 8.37. The van der Waals surface area contributed by atoms with E-state index in [1.807, 2.05) is 49.6 Å². The maximum absolute atomic E-state index is 12.8. The van der Waals surface area contributed by atoms with Gasteiger partial charge < -0.3 is 5.73 Å². The van der Waals surface area contributed by atoms with Gasteiger partial charge in [-0.05, 0) is 29.6 Å². The summed E-state index contributed by atoms with van der Waals surface area (Å²) in [5, 5.41) is 19.4. The number of amides is 1. The van der Waals surface area contributed by atoms with Crippen LogP contribution in [0.3, 0.4) is 0 Å². The molecule has 0 fully saturated rings. The molecular weight excluding hydrogens is 424 g/mol. The first-order valence-electron chi connectivity index (χ1n) is 8.66. The van der Waals surface area contributed by atoms with E-state index in [4.69, 9.17) is 5.73 Å².